The average molecular weight is 180 g/mol. The number of carbonyl (C=O) groups excluding carboxylic acids is 1. The van der Waals surface area contributed by atoms with Gasteiger partial charge < -0.3 is 5.11 Å². The molecular weight excluding hydrogens is 164 g/mol. The Hall–Kier alpha value is -0.630. The van der Waals surface area contributed by atoms with Crippen molar-refractivity contribution in [3.63, 3.8) is 0 Å². The first-order chi connectivity index (χ1) is 6.03. The second-order valence-electron chi connectivity index (χ2n) is 4.68. The molecule has 0 radical (unpaired) electrons. The fourth-order valence-electron chi connectivity index (χ4n) is 2.61. The summed E-state index contributed by atoms with van der Waals surface area (Å²) in [6.07, 6.45) is 3.00. The van der Waals surface area contributed by atoms with Gasteiger partial charge in [0.05, 0.1) is 6.10 Å². The summed E-state index contributed by atoms with van der Waals surface area (Å²) in [5.74, 6) is 0.263. The molecule has 2 rings (SSSR count). The minimum atomic E-state index is -0.340. The number of aliphatic hydroxyl groups excluding tert-OH is 1. The second kappa shape index (κ2) is 2.68. The summed E-state index contributed by atoms with van der Waals surface area (Å²) >= 11 is 0. The lowest BCUT2D eigenvalue weighted by atomic mass is 9.71. The Kier molecular flexibility index (Phi) is 1.84. The van der Waals surface area contributed by atoms with Gasteiger partial charge in [-0.2, -0.15) is 0 Å². The molecule has 72 valence electrons. The molecule has 0 saturated heterocycles. The van der Waals surface area contributed by atoms with E-state index in [4.69, 9.17) is 0 Å². The van der Waals surface area contributed by atoms with Crippen molar-refractivity contribution < 1.29 is 9.90 Å². The van der Waals surface area contributed by atoms with Gasteiger partial charge in [0.1, 0.15) is 0 Å². The van der Waals surface area contributed by atoms with Crippen LogP contribution in [0.2, 0.25) is 0 Å². The molecule has 0 aromatic rings. The van der Waals surface area contributed by atoms with Crippen LogP contribution in [0.1, 0.15) is 39.5 Å². The minimum absolute atomic E-state index is 0.263. The lowest BCUT2D eigenvalue weighted by molar-refractivity contribution is -0.116. The van der Waals surface area contributed by atoms with E-state index in [1.54, 1.807) is 0 Å². The molecule has 0 amide bonds. The molecular formula is C11H16O2. The molecule has 1 atom stereocenters. The zero-order chi connectivity index (χ0) is 9.64. The highest BCUT2D eigenvalue weighted by Gasteiger charge is 2.42. The normalized spacial score (nSPS) is 32.2. The topological polar surface area (TPSA) is 37.3 Å². The summed E-state index contributed by atoms with van der Waals surface area (Å²) in [7, 11) is 0. The van der Waals surface area contributed by atoms with Crippen molar-refractivity contribution >= 4 is 5.78 Å². The molecule has 2 aliphatic carbocycles. The molecule has 0 heterocycles. The molecule has 2 heteroatoms. The summed E-state index contributed by atoms with van der Waals surface area (Å²) in [5.41, 5.74) is 1.94. The molecule has 0 aromatic heterocycles. The molecule has 0 bridgehead atoms. The molecule has 2 nitrogen and oxygen atoms in total. The number of Topliss-reactive ketones (excluding diaryl/α,β-unsaturated/α-hetero) is 1. The van der Waals surface area contributed by atoms with Crippen molar-refractivity contribution in [1.29, 1.82) is 0 Å². The summed E-state index contributed by atoms with van der Waals surface area (Å²) in [6.45, 7) is 3.96. The van der Waals surface area contributed by atoms with Gasteiger partial charge in [0, 0.05) is 17.4 Å². The van der Waals surface area contributed by atoms with Crippen LogP contribution in [0.3, 0.4) is 0 Å². The number of carbonyl (C=O) groups is 1. The number of hydrogen-bond donors (Lipinski definition) is 1. The van der Waals surface area contributed by atoms with Crippen LogP contribution < -0.4 is 0 Å². The Morgan fingerprint density at radius 1 is 1.31 bits per heavy atom. The van der Waals surface area contributed by atoms with E-state index >= 15 is 0 Å². The second-order valence-corrected chi connectivity index (χ2v) is 4.68. The number of allylic oxidation sites excluding steroid dienone is 1. The Labute approximate surface area is 78.6 Å². The fourth-order valence-corrected chi connectivity index (χ4v) is 2.61. The summed E-state index contributed by atoms with van der Waals surface area (Å²) in [4.78, 5) is 11.6. The van der Waals surface area contributed by atoms with Gasteiger partial charge in [-0.3, -0.25) is 4.79 Å². The van der Waals surface area contributed by atoms with Gasteiger partial charge in [0.2, 0.25) is 0 Å². The highest BCUT2D eigenvalue weighted by atomic mass is 16.3. The quantitative estimate of drug-likeness (QED) is 0.617. The number of aliphatic hydroxyl groups is 1. The molecule has 1 N–H and O–H groups in total. The molecule has 0 aliphatic heterocycles. The van der Waals surface area contributed by atoms with Crippen molar-refractivity contribution in [2.75, 3.05) is 0 Å². The van der Waals surface area contributed by atoms with E-state index in [0.29, 0.717) is 6.42 Å². The van der Waals surface area contributed by atoms with Crippen LogP contribution in [-0.2, 0) is 4.79 Å². The maximum atomic E-state index is 11.6. The SMILES string of the molecule is CC1(C)C2=C(CCC2=O)CC[C@@H]1O. The third-order valence-electron chi connectivity index (χ3n) is 3.48. The van der Waals surface area contributed by atoms with Crippen LogP contribution >= 0.6 is 0 Å². The molecule has 0 saturated carbocycles. The van der Waals surface area contributed by atoms with Gasteiger partial charge in [-0.15, -0.1) is 0 Å². The summed E-state index contributed by atoms with van der Waals surface area (Å²) in [6, 6.07) is 0. The Morgan fingerprint density at radius 3 is 2.69 bits per heavy atom. The first-order valence-electron chi connectivity index (χ1n) is 4.97. The van der Waals surface area contributed by atoms with Gasteiger partial charge in [0.15, 0.2) is 5.78 Å². The standard InChI is InChI=1S/C11H16O2/c1-11(2)9(13)6-4-7-3-5-8(12)10(7)11/h9,13H,3-6H2,1-2H3/t9-/m0/s1. The van der Waals surface area contributed by atoms with Crippen LogP contribution in [0, 0.1) is 5.41 Å². The molecule has 2 aliphatic rings. The fraction of sp³-hybridized carbons (Fsp3) is 0.727. The highest BCUT2D eigenvalue weighted by Crippen LogP contribution is 2.45. The first kappa shape index (κ1) is 8.95. The molecule has 0 unspecified atom stereocenters. The number of rotatable bonds is 0. The third kappa shape index (κ3) is 1.16. The maximum Gasteiger partial charge on any atom is 0.159 e. The van der Waals surface area contributed by atoms with E-state index in [9.17, 15) is 9.90 Å². The van der Waals surface area contributed by atoms with E-state index in [1.807, 2.05) is 13.8 Å². The van der Waals surface area contributed by atoms with Crippen molar-refractivity contribution in [1.82, 2.24) is 0 Å². The predicted molar refractivity (Wildman–Crippen MR) is 50.3 cm³/mol. The smallest absolute Gasteiger partial charge is 0.159 e. The Balaban J connectivity index is 2.45. The van der Waals surface area contributed by atoms with Crippen molar-refractivity contribution in [3.8, 4) is 0 Å². The summed E-state index contributed by atoms with van der Waals surface area (Å²) < 4.78 is 0. The van der Waals surface area contributed by atoms with Crippen molar-refractivity contribution in [2.24, 2.45) is 5.41 Å². The minimum Gasteiger partial charge on any atom is -0.392 e. The van der Waals surface area contributed by atoms with Gasteiger partial charge >= 0.3 is 0 Å². The number of hydrogen-bond acceptors (Lipinski definition) is 2. The van der Waals surface area contributed by atoms with Crippen molar-refractivity contribution in [3.05, 3.63) is 11.1 Å². The molecule has 0 aromatic carbocycles. The van der Waals surface area contributed by atoms with E-state index in [1.165, 1.54) is 5.57 Å². The van der Waals surface area contributed by atoms with E-state index in [2.05, 4.69) is 0 Å². The number of ketones is 1. The third-order valence-corrected chi connectivity index (χ3v) is 3.48. The monoisotopic (exact) mass is 180 g/mol. The van der Waals surface area contributed by atoms with Gasteiger partial charge in [-0.05, 0) is 19.3 Å². The average Bonchev–Trinajstić information content (AvgIpc) is 2.41. The zero-order valence-corrected chi connectivity index (χ0v) is 8.26. The predicted octanol–water partition coefficient (Wildman–Crippen LogP) is 1.83. The van der Waals surface area contributed by atoms with Crippen molar-refractivity contribution in [2.45, 2.75) is 45.6 Å². The highest BCUT2D eigenvalue weighted by molar-refractivity contribution is 6.00. The summed E-state index contributed by atoms with van der Waals surface area (Å²) in [5, 5.41) is 9.82. The Morgan fingerprint density at radius 2 is 2.00 bits per heavy atom. The van der Waals surface area contributed by atoms with Crippen LogP contribution in [0.4, 0.5) is 0 Å². The largest absolute Gasteiger partial charge is 0.392 e. The van der Waals surface area contributed by atoms with Crippen LogP contribution in [0.15, 0.2) is 11.1 Å². The Bertz CT molecular complexity index is 286. The molecule has 13 heavy (non-hydrogen) atoms. The van der Waals surface area contributed by atoms with Crippen LogP contribution in [0.5, 0.6) is 0 Å². The van der Waals surface area contributed by atoms with E-state index in [0.717, 1.165) is 24.8 Å². The lowest BCUT2D eigenvalue weighted by Crippen LogP contribution is -2.36. The van der Waals surface area contributed by atoms with E-state index < -0.39 is 0 Å². The zero-order valence-electron chi connectivity index (χ0n) is 8.26. The van der Waals surface area contributed by atoms with Gasteiger partial charge in [0.25, 0.3) is 0 Å². The molecule has 0 fully saturated rings. The van der Waals surface area contributed by atoms with Gasteiger partial charge in [-0.1, -0.05) is 19.4 Å². The molecule has 0 spiro atoms. The first-order valence-corrected chi connectivity index (χ1v) is 4.97. The van der Waals surface area contributed by atoms with E-state index in [-0.39, 0.29) is 17.3 Å². The maximum absolute atomic E-state index is 11.6. The lowest BCUT2D eigenvalue weighted by Gasteiger charge is -2.36. The van der Waals surface area contributed by atoms with Crippen LogP contribution in [0.25, 0.3) is 0 Å². The van der Waals surface area contributed by atoms with Gasteiger partial charge in [-0.25, -0.2) is 0 Å². The van der Waals surface area contributed by atoms with Crippen LogP contribution in [-0.4, -0.2) is 17.0 Å².